The molecule has 0 saturated carbocycles. The average Bonchev–Trinajstić information content (AvgIpc) is 2.60. The predicted molar refractivity (Wildman–Crippen MR) is 91.2 cm³/mol. The summed E-state index contributed by atoms with van der Waals surface area (Å²) in [6, 6.07) is 11.1. The average molecular weight is 345 g/mol. The summed E-state index contributed by atoms with van der Waals surface area (Å²) in [5, 5.41) is 2.17. The van der Waals surface area contributed by atoms with Gasteiger partial charge in [-0.15, -0.1) is 0 Å². The summed E-state index contributed by atoms with van der Waals surface area (Å²) in [4.78, 5) is 22.0. The highest BCUT2D eigenvalue weighted by molar-refractivity contribution is 6.36. The summed E-state index contributed by atoms with van der Waals surface area (Å²) < 4.78 is 13.7. The lowest BCUT2D eigenvalue weighted by Crippen LogP contribution is -2.26. The maximum absolute atomic E-state index is 13.7. The summed E-state index contributed by atoms with van der Waals surface area (Å²) in [7, 11) is 2.88. The van der Waals surface area contributed by atoms with Crippen molar-refractivity contribution in [3.05, 3.63) is 65.1 Å². The second kappa shape index (κ2) is 6.55. The van der Waals surface area contributed by atoms with E-state index >= 15 is 0 Å². The number of carbonyl (C=O) groups is 1. The number of aromatic nitrogens is 1. The van der Waals surface area contributed by atoms with Gasteiger partial charge in [0.1, 0.15) is 5.82 Å². The molecule has 24 heavy (non-hydrogen) atoms. The van der Waals surface area contributed by atoms with Crippen LogP contribution in [0.4, 0.5) is 4.39 Å². The van der Waals surface area contributed by atoms with Crippen molar-refractivity contribution in [1.29, 1.82) is 0 Å². The number of rotatable bonds is 3. The molecule has 1 heterocycles. The Morgan fingerprint density at radius 2 is 2.04 bits per heavy atom. The van der Waals surface area contributed by atoms with E-state index in [9.17, 15) is 9.18 Å². The number of hydrogen-bond donors (Lipinski definition) is 0. The molecular formula is C18H14ClFN2O2. The third-order valence-corrected chi connectivity index (χ3v) is 4.06. The van der Waals surface area contributed by atoms with Gasteiger partial charge < -0.3 is 0 Å². The van der Waals surface area contributed by atoms with Crippen molar-refractivity contribution in [2.45, 2.75) is 0 Å². The number of hydrogen-bond acceptors (Lipinski definition) is 3. The Morgan fingerprint density at radius 1 is 1.25 bits per heavy atom. The van der Waals surface area contributed by atoms with Gasteiger partial charge in [-0.3, -0.25) is 14.6 Å². The quantitative estimate of drug-likeness (QED) is 0.664. The SMILES string of the molecule is CON(C)C(=O)c1cc(Cl)c2cccnc2c1-c1cccc(F)c1. The normalized spacial score (nSPS) is 10.8. The van der Waals surface area contributed by atoms with Crippen LogP contribution in [0.15, 0.2) is 48.7 Å². The van der Waals surface area contributed by atoms with Crippen LogP contribution in [-0.2, 0) is 4.84 Å². The fourth-order valence-corrected chi connectivity index (χ4v) is 2.82. The molecule has 0 N–H and O–H groups in total. The highest BCUT2D eigenvalue weighted by atomic mass is 35.5. The van der Waals surface area contributed by atoms with Gasteiger partial charge in [0.25, 0.3) is 5.91 Å². The van der Waals surface area contributed by atoms with Crippen molar-refractivity contribution in [3.8, 4) is 11.1 Å². The fraction of sp³-hybridized carbons (Fsp3) is 0.111. The first-order valence-corrected chi connectivity index (χ1v) is 7.56. The molecular weight excluding hydrogens is 331 g/mol. The summed E-state index contributed by atoms with van der Waals surface area (Å²) in [5.41, 5.74) is 1.89. The topological polar surface area (TPSA) is 42.4 Å². The van der Waals surface area contributed by atoms with E-state index < -0.39 is 11.7 Å². The minimum absolute atomic E-state index is 0.293. The highest BCUT2D eigenvalue weighted by Crippen LogP contribution is 2.36. The molecule has 1 aromatic heterocycles. The van der Waals surface area contributed by atoms with Crippen LogP contribution >= 0.6 is 11.6 Å². The lowest BCUT2D eigenvalue weighted by Gasteiger charge is -2.18. The predicted octanol–water partition coefficient (Wildman–Crippen LogP) is 4.33. The van der Waals surface area contributed by atoms with Crippen LogP contribution in [-0.4, -0.2) is 30.1 Å². The van der Waals surface area contributed by atoms with Gasteiger partial charge in [0.15, 0.2) is 0 Å². The number of amides is 1. The number of nitrogens with zero attached hydrogens (tertiary/aromatic N) is 2. The first-order chi connectivity index (χ1) is 11.5. The molecule has 4 nitrogen and oxygen atoms in total. The largest absolute Gasteiger partial charge is 0.277 e. The number of carbonyl (C=O) groups excluding carboxylic acids is 1. The fourth-order valence-electron chi connectivity index (χ4n) is 2.56. The van der Waals surface area contributed by atoms with Crippen LogP contribution in [0.25, 0.3) is 22.0 Å². The molecule has 0 saturated heterocycles. The molecule has 2 aromatic carbocycles. The number of fused-ring (bicyclic) bond motifs is 1. The van der Waals surface area contributed by atoms with E-state index in [2.05, 4.69) is 4.98 Å². The molecule has 0 aliphatic rings. The Bertz CT molecular complexity index is 930. The molecule has 0 fully saturated rings. The summed E-state index contributed by atoms with van der Waals surface area (Å²) >= 11 is 6.32. The van der Waals surface area contributed by atoms with E-state index in [0.717, 1.165) is 5.06 Å². The molecule has 3 aromatic rings. The molecule has 0 radical (unpaired) electrons. The highest BCUT2D eigenvalue weighted by Gasteiger charge is 2.22. The maximum Gasteiger partial charge on any atom is 0.277 e. The van der Waals surface area contributed by atoms with Gasteiger partial charge in [-0.2, -0.15) is 0 Å². The third-order valence-electron chi connectivity index (χ3n) is 3.75. The van der Waals surface area contributed by atoms with Crippen LogP contribution in [0.1, 0.15) is 10.4 Å². The number of halogens is 2. The van der Waals surface area contributed by atoms with Gasteiger partial charge in [-0.05, 0) is 35.9 Å². The van der Waals surface area contributed by atoms with Gasteiger partial charge in [-0.25, -0.2) is 9.45 Å². The lowest BCUT2D eigenvalue weighted by molar-refractivity contribution is -0.0756. The van der Waals surface area contributed by atoms with Crippen molar-refractivity contribution in [2.75, 3.05) is 14.2 Å². The Labute approximate surface area is 143 Å². The third kappa shape index (κ3) is 2.84. The first kappa shape index (κ1) is 16.4. The zero-order chi connectivity index (χ0) is 17.3. The smallest absolute Gasteiger partial charge is 0.274 e. The standard InChI is InChI=1S/C18H14ClFN2O2/c1-22(24-2)18(23)14-10-15(19)13-7-4-8-21-17(13)16(14)11-5-3-6-12(20)9-11/h3-10H,1-2H3. The zero-order valence-electron chi connectivity index (χ0n) is 13.1. The van der Waals surface area contributed by atoms with Crippen molar-refractivity contribution in [2.24, 2.45) is 0 Å². The van der Waals surface area contributed by atoms with E-state index in [-0.39, 0.29) is 0 Å². The molecule has 6 heteroatoms. The zero-order valence-corrected chi connectivity index (χ0v) is 13.8. The summed E-state index contributed by atoms with van der Waals surface area (Å²) in [5.74, 6) is -0.795. The van der Waals surface area contributed by atoms with Gasteiger partial charge in [0.2, 0.25) is 0 Å². The Kier molecular flexibility index (Phi) is 4.46. The molecule has 0 bridgehead atoms. The van der Waals surface area contributed by atoms with E-state index in [1.165, 1.54) is 26.3 Å². The van der Waals surface area contributed by atoms with Gasteiger partial charge in [0.05, 0.1) is 23.2 Å². The minimum atomic E-state index is -0.398. The Balaban J connectivity index is 2.39. The van der Waals surface area contributed by atoms with Gasteiger partial charge in [0, 0.05) is 24.2 Å². The van der Waals surface area contributed by atoms with Crippen molar-refractivity contribution < 1.29 is 14.0 Å². The molecule has 0 unspecified atom stereocenters. The molecule has 0 spiro atoms. The van der Waals surface area contributed by atoms with E-state index in [0.29, 0.717) is 32.6 Å². The molecule has 1 amide bonds. The van der Waals surface area contributed by atoms with Crippen molar-refractivity contribution in [1.82, 2.24) is 10.0 Å². The van der Waals surface area contributed by atoms with Crippen molar-refractivity contribution in [3.63, 3.8) is 0 Å². The Morgan fingerprint density at radius 3 is 2.75 bits per heavy atom. The Hall–Kier alpha value is -2.50. The van der Waals surface area contributed by atoms with Crippen LogP contribution in [0.3, 0.4) is 0 Å². The number of pyridine rings is 1. The number of benzene rings is 2. The second-order valence-corrected chi connectivity index (χ2v) is 5.58. The molecule has 122 valence electrons. The van der Waals surface area contributed by atoms with Crippen molar-refractivity contribution >= 4 is 28.4 Å². The molecule has 0 aliphatic carbocycles. The maximum atomic E-state index is 13.7. The summed E-state index contributed by atoms with van der Waals surface area (Å²) in [6.07, 6.45) is 1.61. The molecule has 0 atom stereocenters. The van der Waals surface area contributed by atoms with Gasteiger partial charge in [-0.1, -0.05) is 23.7 Å². The molecule has 3 rings (SSSR count). The monoisotopic (exact) mass is 344 g/mol. The van der Waals surface area contributed by atoms with E-state index in [1.807, 2.05) is 6.07 Å². The second-order valence-electron chi connectivity index (χ2n) is 5.18. The van der Waals surface area contributed by atoms with Crippen LogP contribution in [0.2, 0.25) is 5.02 Å². The molecule has 0 aliphatic heterocycles. The van der Waals surface area contributed by atoms with Crippen LogP contribution < -0.4 is 0 Å². The summed E-state index contributed by atoms with van der Waals surface area (Å²) in [6.45, 7) is 0. The van der Waals surface area contributed by atoms with Crippen LogP contribution in [0, 0.1) is 5.82 Å². The van der Waals surface area contributed by atoms with E-state index in [4.69, 9.17) is 16.4 Å². The van der Waals surface area contributed by atoms with E-state index in [1.54, 1.807) is 30.5 Å². The number of hydroxylamine groups is 2. The van der Waals surface area contributed by atoms with Crippen LogP contribution in [0.5, 0.6) is 0 Å². The minimum Gasteiger partial charge on any atom is -0.274 e. The lowest BCUT2D eigenvalue weighted by atomic mass is 9.95. The van der Waals surface area contributed by atoms with Gasteiger partial charge >= 0.3 is 0 Å². The first-order valence-electron chi connectivity index (χ1n) is 7.18.